The molecule has 0 amide bonds. The van der Waals surface area contributed by atoms with Crippen LogP contribution < -0.4 is 0 Å². The maximum absolute atomic E-state index is 11.3. The maximum atomic E-state index is 11.3. The Morgan fingerprint density at radius 1 is 1.00 bits per heavy atom. The topological polar surface area (TPSA) is 74.6 Å². The molecular formula is C12H22Na2O4. The van der Waals surface area contributed by atoms with E-state index in [-0.39, 0.29) is 70.4 Å². The van der Waals surface area contributed by atoms with Crippen LogP contribution in [0.25, 0.3) is 0 Å². The van der Waals surface area contributed by atoms with E-state index in [1.54, 1.807) is 0 Å². The number of hydrogen-bond acceptors (Lipinski definition) is 2. The van der Waals surface area contributed by atoms with Crippen molar-refractivity contribution < 1.29 is 19.8 Å². The van der Waals surface area contributed by atoms with Crippen LogP contribution in [0.15, 0.2) is 0 Å². The van der Waals surface area contributed by atoms with E-state index < -0.39 is 23.8 Å². The minimum atomic E-state index is -0.971. The van der Waals surface area contributed by atoms with Gasteiger partial charge in [0, 0.05) is 0 Å². The molecule has 3 unspecified atom stereocenters. The summed E-state index contributed by atoms with van der Waals surface area (Å²) in [6.45, 7) is 5.95. The summed E-state index contributed by atoms with van der Waals surface area (Å²) in [7, 11) is 0. The summed E-state index contributed by atoms with van der Waals surface area (Å²) in [5.41, 5.74) is -0.156. The summed E-state index contributed by atoms with van der Waals surface area (Å²) in [5, 5.41) is 18.3. The number of rotatable bonds is 2. The SMILES string of the molecule is CC(C)(C)C1CCCC(C(=O)O)C1C(=O)O.[NaH].[NaH]. The molecule has 0 saturated heterocycles. The molecule has 0 aromatic heterocycles. The molecule has 0 aromatic rings. The first-order valence-corrected chi connectivity index (χ1v) is 5.70. The van der Waals surface area contributed by atoms with Crippen molar-refractivity contribution in [1.82, 2.24) is 0 Å². The normalized spacial score (nSPS) is 27.6. The van der Waals surface area contributed by atoms with Crippen molar-refractivity contribution in [2.45, 2.75) is 40.0 Å². The van der Waals surface area contributed by atoms with Crippen molar-refractivity contribution in [3.05, 3.63) is 0 Å². The summed E-state index contributed by atoms with van der Waals surface area (Å²) < 4.78 is 0. The third kappa shape index (κ3) is 5.14. The molecule has 0 aromatic carbocycles. The van der Waals surface area contributed by atoms with Crippen LogP contribution in [0.4, 0.5) is 0 Å². The second-order valence-corrected chi connectivity index (χ2v) is 5.71. The van der Waals surface area contributed by atoms with Gasteiger partial charge in [0.1, 0.15) is 0 Å². The first-order chi connectivity index (χ1) is 7.25. The molecule has 2 N–H and O–H groups in total. The minimum absolute atomic E-state index is 0. The van der Waals surface area contributed by atoms with Gasteiger partial charge in [-0.05, 0) is 24.2 Å². The zero-order valence-electron chi connectivity index (χ0n) is 10.1. The Bertz CT molecular complexity index is 299. The standard InChI is InChI=1S/C12H20O4.2Na.2H/c1-12(2,3)8-6-4-5-7(10(13)14)9(8)11(15)16;;;;/h7-9H,4-6H2,1-3H3,(H,13,14)(H,15,16);;;;. The predicted molar refractivity (Wildman–Crippen MR) is 73.3 cm³/mol. The van der Waals surface area contributed by atoms with Crippen molar-refractivity contribution in [2.75, 3.05) is 0 Å². The second-order valence-electron chi connectivity index (χ2n) is 5.71. The molecular weight excluding hydrogens is 254 g/mol. The monoisotopic (exact) mass is 276 g/mol. The van der Waals surface area contributed by atoms with Crippen LogP contribution in [0, 0.1) is 23.2 Å². The first-order valence-electron chi connectivity index (χ1n) is 5.70. The first kappa shape index (κ1) is 21.2. The van der Waals surface area contributed by atoms with Crippen molar-refractivity contribution in [1.29, 1.82) is 0 Å². The average Bonchev–Trinajstić information content (AvgIpc) is 2.14. The molecule has 1 aliphatic rings. The number of carboxylic acid groups (broad SMARTS) is 2. The van der Waals surface area contributed by atoms with E-state index in [1.165, 1.54) is 0 Å². The van der Waals surface area contributed by atoms with Gasteiger partial charge < -0.3 is 10.2 Å². The molecule has 0 bridgehead atoms. The van der Waals surface area contributed by atoms with Crippen LogP contribution in [0.5, 0.6) is 0 Å². The van der Waals surface area contributed by atoms with Crippen LogP contribution in [-0.4, -0.2) is 81.3 Å². The molecule has 1 saturated carbocycles. The molecule has 0 radical (unpaired) electrons. The molecule has 1 aliphatic carbocycles. The molecule has 3 atom stereocenters. The summed E-state index contributed by atoms with van der Waals surface area (Å²) >= 11 is 0. The van der Waals surface area contributed by atoms with Gasteiger partial charge in [0.15, 0.2) is 0 Å². The molecule has 1 fully saturated rings. The Labute approximate surface area is 152 Å². The van der Waals surface area contributed by atoms with Gasteiger partial charge in [-0.15, -0.1) is 0 Å². The van der Waals surface area contributed by atoms with Gasteiger partial charge in [-0.2, -0.15) is 0 Å². The third-order valence-electron chi connectivity index (χ3n) is 3.61. The molecule has 0 aliphatic heterocycles. The fourth-order valence-corrected chi connectivity index (χ4v) is 2.79. The number of carboxylic acids is 2. The van der Waals surface area contributed by atoms with E-state index in [1.807, 2.05) is 20.8 Å². The van der Waals surface area contributed by atoms with Crippen LogP contribution in [-0.2, 0) is 9.59 Å². The fourth-order valence-electron chi connectivity index (χ4n) is 2.79. The summed E-state index contributed by atoms with van der Waals surface area (Å²) in [6.07, 6.45) is 2.10. The van der Waals surface area contributed by atoms with Crippen LogP contribution in [0.2, 0.25) is 0 Å². The number of hydrogen-bond donors (Lipinski definition) is 2. The fraction of sp³-hybridized carbons (Fsp3) is 0.833. The zero-order valence-corrected chi connectivity index (χ0v) is 10.1. The Kier molecular flexibility index (Phi) is 9.77. The van der Waals surface area contributed by atoms with Gasteiger partial charge in [0.2, 0.25) is 0 Å². The number of aliphatic carboxylic acids is 2. The molecule has 96 valence electrons. The van der Waals surface area contributed by atoms with Gasteiger partial charge >= 0.3 is 71.1 Å². The van der Waals surface area contributed by atoms with Crippen molar-refractivity contribution in [3.63, 3.8) is 0 Å². The van der Waals surface area contributed by atoms with Crippen LogP contribution in [0.1, 0.15) is 40.0 Å². The van der Waals surface area contributed by atoms with E-state index in [2.05, 4.69) is 0 Å². The van der Waals surface area contributed by atoms with Crippen LogP contribution in [0.3, 0.4) is 0 Å². The molecule has 0 spiro atoms. The summed E-state index contributed by atoms with van der Waals surface area (Å²) in [4.78, 5) is 22.3. The Hall–Kier alpha value is 0.940. The van der Waals surface area contributed by atoms with E-state index in [4.69, 9.17) is 5.11 Å². The van der Waals surface area contributed by atoms with Gasteiger partial charge in [0.25, 0.3) is 0 Å². The van der Waals surface area contributed by atoms with Crippen LogP contribution >= 0.6 is 0 Å². The quantitative estimate of drug-likeness (QED) is 0.736. The van der Waals surface area contributed by atoms with E-state index >= 15 is 0 Å². The van der Waals surface area contributed by atoms with E-state index in [0.717, 1.165) is 12.8 Å². The number of carbonyl (C=O) groups is 2. The Morgan fingerprint density at radius 2 is 1.50 bits per heavy atom. The van der Waals surface area contributed by atoms with Crippen molar-refractivity contribution in [3.8, 4) is 0 Å². The molecule has 4 nitrogen and oxygen atoms in total. The second kappa shape index (κ2) is 8.28. The molecule has 6 heteroatoms. The van der Waals surface area contributed by atoms with Gasteiger partial charge in [0.05, 0.1) is 11.8 Å². The van der Waals surface area contributed by atoms with E-state index in [0.29, 0.717) is 6.42 Å². The third-order valence-corrected chi connectivity index (χ3v) is 3.61. The molecule has 1 rings (SSSR count). The Morgan fingerprint density at radius 3 is 1.83 bits per heavy atom. The van der Waals surface area contributed by atoms with Gasteiger partial charge in [-0.1, -0.05) is 27.2 Å². The molecule has 18 heavy (non-hydrogen) atoms. The zero-order chi connectivity index (χ0) is 12.5. The van der Waals surface area contributed by atoms with Gasteiger partial charge in [-0.3, -0.25) is 9.59 Å². The van der Waals surface area contributed by atoms with E-state index in [9.17, 15) is 14.7 Å². The molecule has 0 heterocycles. The Balaban J connectivity index is 0. The predicted octanol–water partition coefficient (Wildman–Crippen LogP) is 0.937. The van der Waals surface area contributed by atoms with Crippen molar-refractivity contribution in [2.24, 2.45) is 23.2 Å². The average molecular weight is 276 g/mol. The van der Waals surface area contributed by atoms with Gasteiger partial charge in [-0.25, -0.2) is 0 Å². The van der Waals surface area contributed by atoms with Crippen molar-refractivity contribution >= 4 is 71.1 Å². The summed E-state index contributed by atoms with van der Waals surface area (Å²) in [5.74, 6) is -3.46. The summed E-state index contributed by atoms with van der Waals surface area (Å²) in [6, 6.07) is 0.